The molecule has 3 rings (SSSR count). The smallest absolute Gasteiger partial charge is 0.308 e. The highest BCUT2D eigenvalue weighted by Crippen LogP contribution is 2.42. The molecule has 1 aromatic heterocycles. The topological polar surface area (TPSA) is 92.2 Å². The van der Waals surface area contributed by atoms with Gasteiger partial charge in [-0.3, -0.25) is 9.59 Å². The molecule has 1 aliphatic heterocycles. The third-order valence-corrected chi connectivity index (χ3v) is 4.39. The summed E-state index contributed by atoms with van der Waals surface area (Å²) >= 11 is 0. The number of rotatable bonds is 3. The minimum Gasteiger partial charge on any atom is -0.469 e. The van der Waals surface area contributed by atoms with Gasteiger partial charge in [-0.05, 0) is 18.6 Å². The molecular weight excluding hydrogens is 296 g/mol. The zero-order valence-corrected chi connectivity index (χ0v) is 12.9. The van der Waals surface area contributed by atoms with Crippen LogP contribution in [-0.4, -0.2) is 30.5 Å². The van der Waals surface area contributed by atoms with Crippen molar-refractivity contribution in [3.05, 3.63) is 35.0 Å². The number of aromatic amines is 1. The Bertz CT molecular complexity index is 846. The number of carbonyl (C=O) groups is 2. The Balaban J connectivity index is 2.29. The highest BCUT2D eigenvalue weighted by molar-refractivity contribution is 6.12. The van der Waals surface area contributed by atoms with Crippen LogP contribution in [0.5, 0.6) is 0 Å². The molecule has 2 aromatic rings. The summed E-state index contributed by atoms with van der Waals surface area (Å²) in [4.78, 5) is 27.4. The van der Waals surface area contributed by atoms with E-state index >= 15 is 0 Å². The van der Waals surface area contributed by atoms with E-state index in [1.54, 1.807) is 18.2 Å². The molecule has 0 saturated carbocycles. The number of nitriles is 1. The van der Waals surface area contributed by atoms with Crippen LogP contribution < -0.4 is 0 Å². The molecule has 0 fully saturated rings. The Morgan fingerprint density at radius 2 is 2.30 bits per heavy atom. The molecule has 6 nitrogen and oxygen atoms in total. The summed E-state index contributed by atoms with van der Waals surface area (Å²) in [5, 5.41) is 9.93. The first-order valence-electron chi connectivity index (χ1n) is 7.35. The van der Waals surface area contributed by atoms with Crippen LogP contribution in [0.3, 0.4) is 0 Å². The number of hydrogen-bond donors (Lipinski definition) is 1. The van der Waals surface area contributed by atoms with Crippen LogP contribution in [0.25, 0.3) is 10.9 Å². The lowest BCUT2D eigenvalue weighted by atomic mass is 9.85. The van der Waals surface area contributed by atoms with Gasteiger partial charge < -0.3 is 14.5 Å². The predicted octanol–water partition coefficient (Wildman–Crippen LogP) is 2.42. The van der Waals surface area contributed by atoms with Crippen molar-refractivity contribution in [1.29, 1.82) is 5.26 Å². The van der Waals surface area contributed by atoms with Gasteiger partial charge in [-0.1, -0.05) is 13.0 Å². The van der Waals surface area contributed by atoms with Crippen LogP contribution in [0.1, 0.15) is 41.4 Å². The molecule has 0 spiro atoms. The number of hydrogen-bond acceptors (Lipinski definition) is 5. The summed E-state index contributed by atoms with van der Waals surface area (Å²) in [7, 11) is 1.32. The molecule has 0 aliphatic carbocycles. The number of carbonyl (C=O) groups excluding carboxylic acids is 2. The first-order chi connectivity index (χ1) is 11.1. The number of ketones is 1. The Hall–Kier alpha value is -2.65. The first kappa shape index (κ1) is 15.3. The lowest BCUT2D eigenvalue weighted by Gasteiger charge is -2.35. The lowest BCUT2D eigenvalue weighted by Crippen LogP contribution is -2.40. The first-order valence-corrected chi connectivity index (χ1v) is 7.35. The van der Waals surface area contributed by atoms with E-state index in [9.17, 15) is 14.9 Å². The third kappa shape index (κ3) is 2.21. The van der Waals surface area contributed by atoms with E-state index in [0.717, 1.165) is 0 Å². The Labute approximate surface area is 133 Å². The fourth-order valence-electron chi connectivity index (χ4n) is 3.16. The summed E-state index contributed by atoms with van der Waals surface area (Å²) in [5.74, 6) is -0.603. The summed E-state index contributed by atoms with van der Waals surface area (Å²) in [5.41, 5.74) is 1.18. The van der Waals surface area contributed by atoms with Gasteiger partial charge in [0.05, 0.1) is 36.4 Å². The zero-order chi connectivity index (χ0) is 16.6. The number of methoxy groups -OCH3 is 1. The SMILES string of the molecule is CCC1(CC(=O)OC)OCC(=O)c2c1[nH]c1cccc(C#N)c21. The molecule has 2 heterocycles. The van der Waals surface area contributed by atoms with Crippen molar-refractivity contribution in [3.63, 3.8) is 0 Å². The third-order valence-electron chi connectivity index (χ3n) is 4.39. The number of H-pyrrole nitrogens is 1. The monoisotopic (exact) mass is 312 g/mol. The zero-order valence-electron chi connectivity index (χ0n) is 12.9. The van der Waals surface area contributed by atoms with Gasteiger partial charge in [-0.25, -0.2) is 0 Å². The van der Waals surface area contributed by atoms with Crippen molar-refractivity contribution >= 4 is 22.7 Å². The maximum absolute atomic E-state index is 12.4. The number of benzene rings is 1. The molecule has 0 bridgehead atoms. The normalized spacial score (nSPS) is 20.1. The molecule has 0 saturated heterocycles. The molecule has 1 aliphatic rings. The van der Waals surface area contributed by atoms with Gasteiger partial charge in [0.15, 0.2) is 5.78 Å². The summed E-state index contributed by atoms with van der Waals surface area (Å²) in [6.07, 6.45) is 0.506. The number of esters is 1. The molecular formula is C17H16N2O4. The molecule has 0 amide bonds. The quantitative estimate of drug-likeness (QED) is 0.879. The van der Waals surface area contributed by atoms with Crippen LogP contribution in [-0.2, 0) is 19.9 Å². The number of Topliss-reactive ketones (excluding diaryl/α,β-unsaturated/α-hetero) is 1. The second-order valence-corrected chi connectivity index (χ2v) is 5.53. The van der Waals surface area contributed by atoms with Gasteiger partial charge >= 0.3 is 5.97 Å². The largest absolute Gasteiger partial charge is 0.469 e. The number of aromatic nitrogens is 1. The standard InChI is InChI=1S/C17H16N2O4/c1-3-17(7-13(21)22-2)16-15(12(20)9-23-17)14-10(8-18)5-4-6-11(14)19-16/h4-6,19H,3,7,9H2,1-2H3. The van der Waals surface area contributed by atoms with Gasteiger partial charge in [0.25, 0.3) is 0 Å². The van der Waals surface area contributed by atoms with Crippen LogP contribution >= 0.6 is 0 Å². The molecule has 118 valence electrons. The van der Waals surface area contributed by atoms with Crippen molar-refractivity contribution in [1.82, 2.24) is 4.98 Å². The van der Waals surface area contributed by atoms with Gasteiger partial charge in [0.2, 0.25) is 0 Å². The molecule has 23 heavy (non-hydrogen) atoms. The van der Waals surface area contributed by atoms with Crippen molar-refractivity contribution in [3.8, 4) is 6.07 Å². The second-order valence-electron chi connectivity index (χ2n) is 5.53. The van der Waals surface area contributed by atoms with E-state index in [0.29, 0.717) is 34.1 Å². The summed E-state index contributed by atoms with van der Waals surface area (Å²) in [6.45, 7) is 1.77. The molecule has 6 heteroatoms. The van der Waals surface area contributed by atoms with Crippen LogP contribution in [0.4, 0.5) is 0 Å². The van der Waals surface area contributed by atoms with Crippen LogP contribution in [0.15, 0.2) is 18.2 Å². The van der Waals surface area contributed by atoms with Crippen molar-refractivity contribution < 1.29 is 19.1 Å². The maximum atomic E-state index is 12.4. The van der Waals surface area contributed by atoms with Gasteiger partial charge in [-0.2, -0.15) is 5.26 Å². The Morgan fingerprint density at radius 1 is 1.52 bits per heavy atom. The molecule has 1 unspecified atom stereocenters. The van der Waals surface area contributed by atoms with E-state index in [1.807, 2.05) is 6.92 Å². The van der Waals surface area contributed by atoms with Gasteiger partial charge in [0, 0.05) is 10.9 Å². The molecule has 1 aromatic carbocycles. The second kappa shape index (κ2) is 5.52. The molecule has 0 radical (unpaired) electrons. The number of fused-ring (bicyclic) bond motifs is 3. The minimum atomic E-state index is -0.942. The highest BCUT2D eigenvalue weighted by Gasteiger charge is 2.44. The van der Waals surface area contributed by atoms with E-state index in [2.05, 4.69) is 11.1 Å². The summed E-state index contributed by atoms with van der Waals surface area (Å²) < 4.78 is 10.5. The van der Waals surface area contributed by atoms with E-state index < -0.39 is 11.6 Å². The van der Waals surface area contributed by atoms with Crippen LogP contribution in [0.2, 0.25) is 0 Å². The predicted molar refractivity (Wildman–Crippen MR) is 81.9 cm³/mol. The average molecular weight is 312 g/mol. The Morgan fingerprint density at radius 3 is 2.96 bits per heavy atom. The molecule has 1 N–H and O–H groups in total. The molecule has 1 atom stereocenters. The summed E-state index contributed by atoms with van der Waals surface area (Å²) in [6, 6.07) is 7.35. The number of nitrogens with zero attached hydrogens (tertiary/aromatic N) is 1. The van der Waals surface area contributed by atoms with E-state index in [1.165, 1.54) is 7.11 Å². The number of ether oxygens (including phenoxy) is 2. The lowest BCUT2D eigenvalue weighted by molar-refractivity contribution is -0.150. The van der Waals surface area contributed by atoms with Crippen molar-refractivity contribution in [2.75, 3.05) is 13.7 Å². The van der Waals surface area contributed by atoms with Crippen molar-refractivity contribution in [2.24, 2.45) is 0 Å². The van der Waals surface area contributed by atoms with E-state index in [4.69, 9.17) is 9.47 Å². The fourth-order valence-corrected chi connectivity index (χ4v) is 3.16. The Kier molecular flexibility index (Phi) is 3.66. The van der Waals surface area contributed by atoms with E-state index in [-0.39, 0.29) is 18.8 Å². The minimum absolute atomic E-state index is 0.00892. The van der Waals surface area contributed by atoms with Gasteiger partial charge in [-0.15, -0.1) is 0 Å². The average Bonchev–Trinajstić information content (AvgIpc) is 2.98. The number of nitrogens with one attached hydrogen (secondary N) is 1. The highest BCUT2D eigenvalue weighted by atomic mass is 16.5. The fraction of sp³-hybridized carbons (Fsp3) is 0.353. The maximum Gasteiger partial charge on any atom is 0.308 e. The van der Waals surface area contributed by atoms with Crippen molar-refractivity contribution in [2.45, 2.75) is 25.4 Å². The van der Waals surface area contributed by atoms with Crippen LogP contribution in [0, 0.1) is 11.3 Å². The van der Waals surface area contributed by atoms with Gasteiger partial charge in [0.1, 0.15) is 12.2 Å².